The highest BCUT2D eigenvalue weighted by Crippen LogP contribution is 2.33. The third kappa shape index (κ3) is 3.73. The van der Waals surface area contributed by atoms with E-state index < -0.39 is 5.54 Å². The molecule has 0 saturated carbocycles. The van der Waals surface area contributed by atoms with Gasteiger partial charge in [0.1, 0.15) is 11.4 Å². The average Bonchev–Trinajstić information content (AvgIpc) is 2.40. The fourth-order valence-electron chi connectivity index (χ4n) is 2.96. The van der Waals surface area contributed by atoms with Gasteiger partial charge in [0.2, 0.25) is 0 Å². The van der Waals surface area contributed by atoms with Crippen molar-refractivity contribution in [3.63, 3.8) is 0 Å². The predicted molar refractivity (Wildman–Crippen MR) is 78.6 cm³/mol. The number of hydrogen-bond acceptors (Lipinski definition) is 4. The van der Waals surface area contributed by atoms with Crippen LogP contribution in [-0.2, 0) is 14.3 Å². The summed E-state index contributed by atoms with van der Waals surface area (Å²) in [7, 11) is 0. The number of halogens is 1. The smallest absolute Gasteiger partial charge is 0.331 e. The summed E-state index contributed by atoms with van der Waals surface area (Å²) in [5.41, 5.74) is -0.129. The molecule has 1 heterocycles. The summed E-state index contributed by atoms with van der Waals surface area (Å²) in [5.74, 6) is -0.587. The molecule has 0 bridgehead atoms. The van der Waals surface area contributed by atoms with Gasteiger partial charge in [0.25, 0.3) is 0 Å². The van der Waals surface area contributed by atoms with E-state index in [4.69, 9.17) is 9.47 Å². The number of hydrogen-bond donors (Lipinski definition) is 1. The topological polar surface area (TPSA) is 47.6 Å². The Bertz CT molecular complexity index is 479. The first-order valence-corrected chi connectivity index (χ1v) is 7.31. The lowest BCUT2D eigenvalue weighted by Gasteiger charge is -2.41. The number of nitrogens with one attached hydrogen (secondary N) is 1. The highest BCUT2D eigenvalue weighted by molar-refractivity contribution is 5.85. The molecule has 1 aliphatic heterocycles. The second-order valence-corrected chi connectivity index (χ2v) is 5.60. The fraction of sp³-hybridized carbons (Fsp3) is 0.562. The van der Waals surface area contributed by atoms with Gasteiger partial charge in [-0.2, -0.15) is 0 Å². The van der Waals surface area contributed by atoms with Crippen LogP contribution in [0.5, 0.6) is 0 Å². The highest BCUT2D eigenvalue weighted by Gasteiger charge is 2.46. The summed E-state index contributed by atoms with van der Waals surface area (Å²) < 4.78 is 24.0. The van der Waals surface area contributed by atoms with Crippen LogP contribution in [0.15, 0.2) is 24.3 Å². The summed E-state index contributed by atoms with van der Waals surface area (Å²) in [6, 6.07) is 5.99. The van der Waals surface area contributed by atoms with Crippen LogP contribution in [0.4, 0.5) is 10.1 Å². The maximum atomic E-state index is 13.0. The molecule has 2 unspecified atom stereocenters. The largest absolute Gasteiger partial charge is 0.464 e. The first-order chi connectivity index (χ1) is 9.95. The van der Waals surface area contributed by atoms with E-state index in [1.165, 1.54) is 12.1 Å². The van der Waals surface area contributed by atoms with Crippen molar-refractivity contribution in [3.05, 3.63) is 30.1 Å². The molecule has 1 saturated heterocycles. The number of rotatable bonds is 4. The van der Waals surface area contributed by atoms with Crippen molar-refractivity contribution in [1.82, 2.24) is 0 Å². The van der Waals surface area contributed by atoms with E-state index in [1.807, 2.05) is 13.8 Å². The monoisotopic (exact) mass is 295 g/mol. The van der Waals surface area contributed by atoms with Crippen LogP contribution >= 0.6 is 0 Å². The van der Waals surface area contributed by atoms with E-state index in [-0.39, 0.29) is 24.0 Å². The van der Waals surface area contributed by atoms with Gasteiger partial charge in [-0.1, -0.05) is 0 Å². The van der Waals surface area contributed by atoms with Gasteiger partial charge in [-0.25, -0.2) is 9.18 Å². The van der Waals surface area contributed by atoms with Crippen LogP contribution < -0.4 is 5.32 Å². The van der Waals surface area contributed by atoms with Crippen LogP contribution in [0.25, 0.3) is 0 Å². The highest BCUT2D eigenvalue weighted by atomic mass is 19.1. The zero-order valence-corrected chi connectivity index (χ0v) is 12.7. The van der Waals surface area contributed by atoms with Crippen LogP contribution in [-0.4, -0.2) is 30.3 Å². The van der Waals surface area contributed by atoms with Gasteiger partial charge in [-0.15, -0.1) is 0 Å². The summed E-state index contributed by atoms with van der Waals surface area (Å²) in [6.07, 6.45) is 0.943. The van der Waals surface area contributed by atoms with Gasteiger partial charge in [0.15, 0.2) is 0 Å². The molecule has 0 aliphatic carbocycles. The molecular weight excluding hydrogens is 273 g/mol. The van der Waals surface area contributed by atoms with Gasteiger partial charge in [0.05, 0.1) is 18.8 Å². The Labute approximate surface area is 124 Å². The zero-order chi connectivity index (χ0) is 15.5. The molecule has 0 amide bonds. The Morgan fingerprint density at radius 1 is 1.33 bits per heavy atom. The molecule has 21 heavy (non-hydrogen) atoms. The molecule has 1 fully saturated rings. The molecule has 0 radical (unpaired) electrons. The number of anilines is 1. The van der Waals surface area contributed by atoms with Crippen molar-refractivity contribution in [3.8, 4) is 0 Å². The number of esters is 1. The second kappa shape index (κ2) is 6.43. The second-order valence-electron chi connectivity index (χ2n) is 5.60. The van der Waals surface area contributed by atoms with Crippen LogP contribution in [0.3, 0.4) is 0 Å². The quantitative estimate of drug-likeness (QED) is 0.867. The van der Waals surface area contributed by atoms with Gasteiger partial charge in [-0.05, 0) is 45.0 Å². The molecule has 1 aliphatic rings. The SMILES string of the molecule is CCOC(=O)C1(Nc2ccc(F)cc2)CC(C)OC(C)C1. The molecule has 1 aromatic rings. The predicted octanol–water partition coefficient (Wildman–Crippen LogP) is 3.13. The van der Waals surface area contributed by atoms with Crippen molar-refractivity contribution in [2.75, 3.05) is 11.9 Å². The molecule has 116 valence electrons. The molecule has 2 atom stereocenters. The van der Waals surface area contributed by atoms with Crippen molar-refractivity contribution >= 4 is 11.7 Å². The minimum absolute atomic E-state index is 0.0499. The Balaban J connectivity index is 2.26. The lowest BCUT2D eigenvalue weighted by atomic mass is 9.83. The Morgan fingerprint density at radius 2 is 1.90 bits per heavy atom. The Kier molecular flexibility index (Phi) is 4.83. The summed E-state index contributed by atoms with van der Waals surface area (Å²) in [6.45, 7) is 6.00. The lowest BCUT2D eigenvalue weighted by Crippen LogP contribution is -2.55. The standard InChI is InChI=1S/C16H22FNO3/c1-4-20-15(19)16(9-11(2)21-12(3)10-16)18-14-7-5-13(17)6-8-14/h5-8,11-12,18H,4,9-10H2,1-3H3. The number of ether oxygens (including phenoxy) is 2. The van der Waals surface area contributed by atoms with Crippen LogP contribution in [0.1, 0.15) is 33.6 Å². The van der Waals surface area contributed by atoms with Gasteiger partial charge >= 0.3 is 5.97 Å². The molecule has 4 nitrogen and oxygen atoms in total. The van der Waals surface area contributed by atoms with Gasteiger partial charge in [0, 0.05) is 18.5 Å². The first kappa shape index (κ1) is 15.8. The van der Waals surface area contributed by atoms with Gasteiger partial charge in [-0.3, -0.25) is 0 Å². The normalized spacial score (nSPS) is 29.0. The molecule has 1 N–H and O–H groups in total. The molecule has 2 rings (SSSR count). The molecule has 0 aromatic heterocycles. The number of carbonyl (C=O) groups is 1. The molecule has 1 aromatic carbocycles. The van der Waals surface area contributed by atoms with Crippen LogP contribution in [0.2, 0.25) is 0 Å². The molecule has 5 heteroatoms. The summed E-state index contributed by atoms with van der Waals surface area (Å²) in [5, 5.41) is 3.25. The van der Waals surface area contributed by atoms with Crippen LogP contribution in [0, 0.1) is 5.82 Å². The Morgan fingerprint density at radius 3 is 2.43 bits per heavy atom. The average molecular weight is 295 g/mol. The van der Waals surface area contributed by atoms with E-state index in [0.29, 0.717) is 25.1 Å². The molecular formula is C16H22FNO3. The van der Waals surface area contributed by atoms with E-state index >= 15 is 0 Å². The number of benzene rings is 1. The van der Waals surface area contributed by atoms with Crippen molar-refractivity contribution in [2.45, 2.75) is 51.4 Å². The van der Waals surface area contributed by atoms with Crippen molar-refractivity contribution in [1.29, 1.82) is 0 Å². The Hall–Kier alpha value is -1.62. The fourth-order valence-corrected chi connectivity index (χ4v) is 2.96. The summed E-state index contributed by atoms with van der Waals surface area (Å²) >= 11 is 0. The minimum Gasteiger partial charge on any atom is -0.464 e. The van der Waals surface area contributed by atoms with Gasteiger partial charge < -0.3 is 14.8 Å². The van der Waals surface area contributed by atoms with Crippen molar-refractivity contribution < 1.29 is 18.7 Å². The maximum absolute atomic E-state index is 13.0. The number of carbonyl (C=O) groups excluding carboxylic acids is 1. The zero-order valence-electron chi connectivity index (χ0n) is 12.7. The van der Waals surface area contributed by atoms with E-state index in [9.17, 15) is 9.18 Å². The third-order valence-corrected chi connectivity index (χ3v) is 3.63. The van der Waals surface area contributed by atoms with E-state index in [1.54, 1.807) is 19.1 Å². The summed E-state index contributed by atoms with van der Waals surface area (Å²) in [4.78, 5) is 12.5. The van der Waals surface area contributed by atoms with E-state index in [2.05, 4.69) is 5.32 Å². The minimum atomic E-state index is -0.828. The van der Waals surface area contributed by atoms with Crippen molar-refractivity contribution in [2.24, 2.45) is 0 Å². The lowest BCUT2D eigenvalue weighted by molar-refractivity contribution is -0.157. The molecule has 0 spiro atoms. The van der Waals surface area contributed by atoms with E-state index in [0.717, 1.165) is 0 Å². The third-order valence-electron chi connectivity index (χ3n) is 3.63. The first-order valence-electron chi connectivity index (χ1n) is 7.31. The maximum Gasteiger partial charge on any atom is 0.331 e.